The van der Waals surface area contributed by atoms with Crippen molar-refractivity contribution in [2.24, 2.45) is 0 Å². The van der Waals surface area contributed by atoms with Gasteiger partial charge in [-0.05, 0) is 12.5 Å². The second-order valence-corrected chi connectivity index (χ2v) is 8.67. The largest absolute Gasteiger partial charge is 1.00 e. The number of pyridine rings is 1. The minimum atomic E-state index is 0. The standard InChI is InChI=1S/C28H42NO.ClH/c1-2-3-4-5-6-7-8-9-10-11-12-13-17-22-28(30)27-21-18-23-29(25-27)24-26-19-15-14-16-20-26;/h14-16,18-21,23,25H,2-13,17,22,24H2,1H3;1H/q+1;/p-1. The Kier molecular flexibility index (Phi) is 15.8. The molecule has 0 bridgehead atoms. The first-order valence-corrected chi connectivity index (χ1v) is 12.4. The molecule has 0 fully saturated rings. The predicted molar refractivity (Wildman–Crippen MR) is 127 cm³/mol. The molecule has 2 rings (SSSR count). The molecule has 31 heavy (non-hydrogen) atoms. The van der Waals surface area contributed by atoms with Crippen LogP contribution in [-0.4, -0.2) is 5.78 Å². The second kappa shape index (κ2) is 18.0. The zero-order chi connectivity index (χ0) is 21.3. The van der Waals surface area contributed by atoms with E-state index in [0.29, 0.717) is 6.42 Å². The van der Waals surface area contributed by atoms with Gasteiger partial charge < -0.3 is 12.4 Å². The fourth-order valence-corrected chi connectivity index (χ4v) is 4.03. The molecule has 0 unspecified atom stereocenters. The number of rotatable bonds is 17. The Bertz CT molecular complexity index is 701. The van der Waals surface area contributed by atoms with Gasteiger partial charge in [-0.15, -0.1) is 0 Å². The van der Waals surface area contributed by atoms with Crippen LogP contribution >= 0.6 is 0 Å². The predicted octanol–water partition coefficient (Wildman–Crippen LogP) is 4.69. The van der Waals surface area contributed by atoms with E-state index in [9.17, 15) is 4.79 Å². The molecule has 0 spiro atoms. The zero-order valence-corrected chi connectivity index (χ0v) is 20.3. The third kappa shape index (κ3) is 12.7. The van der Waals surface area contributed by atoms with Gasteiger partial charge in [0.15, 0.2) is 24.7 Å². The molecule has 1 aromatic heterocycles. The Morgan fingerprint density at radius 3 is 1.84 bits per heavy atom. The Hall–Kier alpha value is -1.67. The fourth-order valence-electron chi connectivity index (χ4n) is 4.03. The minimum Gasteiger partial charge on any atom is -1.00 e. The van der Waals surface area contributed by atoms with Crippen LogP contribution in [0.25, 0.3) is 0 Å². The van der Waals surface area contributed by atoms with Crippen molar-refractivity contribution >= 4 is 5.78 Å². The molecule has 0 saturated heterocycles. The molecule has 3 heteroatoms. The van der Waals surface area contributed by atoms with Gasteiger partial charge in [-0.1, -0.05) is 114 Å². The van der Waals surface area contributed by atoms with Crippen LogP contribution in [0.4, 0.5) is 0 Å². The molecule has 0 aliphatic carbocycles. The average molecular weight is 444 g/mol. The van der Waals surface area contributed by atoms with Crippen LogP contribution in [0.5, 0.6) is 0 Å². The van der Waals surface area contributed by atoms with Gasteiger partial charge in [0.2, 0.25) is 0 Å². The highest BCUT2D eigenvalue weighted by molar-refractivity contribution is 5.95. The number of halogens is 1. The maximum atomic E-state index is 12.5. The second-order valence-electron chi connectivity index (χ2n) is 8.67. The molecule has 1 aromatic carbocycles. The van der Waals surface area contributed by atoms with Crippen molar-refractivity contribution < 1.29 is 21.8 Å². The van der Waals surface area contributed by atoms with Crippen molar-refractivity contribution in [1.29, 1.82) is 0 Å². The number of benzene rings is 1. The van der Waals surface area contributed by atoms with Gasteiger partial charge in [0.1, 0.15) is 0 Å². The summed E-state index contributed by atoms with van der Waals surface area (Å²) >= 11 is 0. The SMILES string of the molecule is CCCCCCCCCCCCCCCC(=O)c1ccc[n+](Cc2ccccc2)c1.[Cl-]. The average Bonchev–Trinajstić information content (AvgIpc) is 2.77. The molecule has 0 N–H and O–H groups in total. The van der Waals surface area contributed by atoms with E-state index in [1.807, 2.05) is 30.6 Å². The Labute approximate surface area is 196 Å². The number of unbranched alkanes of at least 4 members (excludes halogenated alkanes) is 12. The van der Waals surface area contributed by atoms with E-state index >= 15 is 0 Å². The summed E-state index contributed by atoms with van der Waals surface area (Å²) in [6.45, 7) is 3.08. The number of aromatic nitrogens is 1. The summed E-state index contributed by atoms with van der Waals surface area (Å²) in [5, 5.41) is 0. The highest BCUT2D eigenvalue weighted by atomic mass is 35.5. The maximum absolute atomic E-state index is 12.5. The van der Waals surface area contributed by atoms with Crippen molar-refractivity contribution in [3.05, 3.63) is 66.0 Å². The van der Waals surface area contributed by atoms with Gasteiger partial charge in [0.05, 0.1) is 5.56 Å². The van der Waals surface area contributed by atoms with Crippen molar-refractivity contribution in [3.63, 3.8) is 0 Å². The Morgan fingerprint density at radius 1 is 0.710 bits per heavy atom. The molecule has 172 valence electrons. The lowest BCUT2D eigenvalue weighted by molar-refractivity contribution is -0.688. The number of ketones is 1. The van der Waals surface area contributed by atoms with Crippen molar-refractivity contribution in [2.75, 3.05) is 0 Å². The van der Waals surface area contributed by atoms with Crippen molar-refractivity contribution in [2.45, 2.75) is 103 Å². The van der Waals surface area contributed by atoms with E-state index in [-0.39, 0.29) is 18.2 Å². The lowest BCUT2D eigenvalue weighted by Crippen LogP contribution is -3.00. The summed E-state index contributed by atoms with van der Waals surface area (Å²) in [4.78, 5) is 12.5. The number of carbonyl (C=O) groups excluding carboxylic acids is 1. The van der Waals surface area contributed by atoms with Gasteiger partial charge >= 0.3 is 0 Å². The maximum Gasteiger partial charge on any atom is 0.179 e. The van der Waals surface area contributed by atoms with Gasteiger partial charge in [0, 0.05) is 18.1 Å². The normalized spacial score (nSPS) is 10.6. The third-order valence-corrected chi connectivity index (χ3v) is 5.90. The van der Waals surface area contributed by atoms with Gasteiger partial charge in [-0.25, -0.2) is 4.57 Å². The molecule has 1 heterocycles. The molecular weight excluding hydrogens is 402 g/mol. The van der Waals surface area contributed by atoms with Crippen molar-refractivity contribution in [1.82, 2.24) is 0 Å². The molecule has 2 nitrogen and oxygen atoms in total. The number of Topliss-reactive ketones (excluding diaryl/α,β-unsaturated/α-hetero) is 1. The van der Waals surface area contributed by atoms with Crippen LogP contribution in [0.1, 0.15) is 113 Å². The summed E-state index contributed by atoms with van der Waals surface area (Å²) in [6, 6.07) is 14.3. The van der Waals surface area contributed by atoms with Crippen LogP contribution in [0.2, 0.25) is 0 Å². The van der Waals surface area contributed by atoms with E-state index in [4.69, 9.17) is 0 Å². The number of nitrogens with zero attached hydrogens (tertiary/aromatic N) is 1. The number of hydrogen-bond acceptors (Lipinski definition) is 1. The monoisotopic (exact) mass is 443 g/mol. The lowest BCUT2D eigenvalue weighted by atomic mass is 10.0. The molecule has 0 amide bonds. The number of carbonyl (C=O) groups is 1. The van der Waals surface area contributed by atoms with E-state index in [1.165, 1.54) is 82.6 Å². The lowest BCUT2D eigenvalue weighted by Gasteiger charge is -2.04. The molecule has 0 aliphatic rings. The van der Waals surface area contributed by atoms with E-state index < -0.39 is 0 Å². The summed E-state index contributed by atoms with van der Waals surface area (Å²) in [5.41, 5.74) is 2.09. The van der Waals surface area contributed by atoms with Gasteiger partial charge in [-0.2, -0.15) is 0 Å². The first kappa shape index (κ1) is 27.4. The van der Waals surface area contributed by atoms with E-state index in [2.05, 4.69) is 35.8 Å². The third-order valence-electron chi connectivity index (χ3n) is 5.90. The molecule has 2 aromatic rings. The summed E-state index contributed by atoms with van der Waals surface area (Å²) < 4.78 is 2.10. The van der Waals surface area contributed by atoms with Crippen LogP contribution in [0.15, 0.2) is 54.9 Å². The topological polar surface area (TPSA) is 20.9 Å². The molecular formula is C28H42ClNO. The quantitative estimate of drug-likeness (QED) is 0.197. The molecule has 0 aliphatic heterocycles. The highest BCUT2D eigenvalue weighted by Gasteiger charge is 2.11. The Balaban J connectivity index is 0.00000480. The summed E-state index contributed by atoms with van der Waals surface area (Å²) in [7, 11) is 0. The van der Waals surface area contributed by atoms with E-state index in [0.717, 1.165) is 18.5 Å². The molecule has 0 atom stereocenters. The smallest absolute Gasteiger partial charge is 0.179 e. The van der Waals surface area contributed by atoms with Crippen LogP contribution < -0.4 is 17.0 Å². The summed E-state index contributed by atoms with van der Waals surface area (Å²) in [5.74, 6) is 0.278. The zero-order valence-electron chi connectivity index (χ0n) is 19.5. The fraction of sp³-hybridized carbons (Fsp3) is 0.571. The Morgan fingerprint density at radius 2 is 1.26 bits per heavy atom. The van der Waals surface area contributed by atoms with Crippen molar-refractivity contribution in [3.8, 4) is 0 Å². The molecule has 0 saturated carbocycles. The van der Waals surface area contributed by atoms with Crippen LogP contribution in [0.3, 0.4) is 0 Å². The van der Waals surface area contributed by atoms with Gasteiger partial charge in [0.25, 0.3) is 0 Å². The number of hydrogen-bond donors (Lipinski definition) is 0. The minimum absolute atomic E-state index is 0. The molecule has 0 radical (unpaired) electrons. The first-order chi connectivity index (χ1) is 14.8. The van der Waals surface area contributed by atoms with Crippen LogP contribution in [-0.2, 0) is 6.54 Å². The van der Waals surface area contributed by atoms with E-state index in [1.54, 1.807) is 0 Å². The highest BCUT2D eigenvalue weighted by Crippen LogP contribution is 2.14. The van der Waals surface area contributed by atoms with Crippen LogP contribution in [0, 0.1) is 0 Å². The van der Waals surface area contributed by atoms with Gasteiger partial charge in [-0.3, -0.25) is 4.79 Å². The first-order valence-electron chi connectivity index (χ1n) is 12.4. The summed E-state index contributed by atoms with van der Waals surface area (Å²) in [6.07, 6.45) is 22.1.